The van der Waals surface area contributed by atoms with E-state index in [1.165, 1.54) is 14.2 Å². The first kappa shape index (κ1) is 64.2. The highest BCUT2D eigenvalue weighted by atomic mass is 16.7. The van der Waals surface area contributed by atoms with E-state index in [0.717, 1.165) is 0 Å². The van der Waals surface area contributed by atoms with Crippen molar-refractivity contribution in [2.75, 3.05) is 14.2 Å². The third kappa shape index (κ3) is 14.6. The molecule has 18 heteroatoms. The maximum Gasteiger partial charge on any atom is 0.334 e. The number of esters is 2. The quantitative estimate of drug-likeness (QED) is 0.0941. The second-order valence-electron chi connectivity index (χ2n) is 22.9. The second kappa shape index (κ2) is 27.7. The van der Waals surface area contributed by atoms with E-state index in [9.17, 15) is 40.2 Å². The first-order chi connectivity index (χ1) is 35.7. The molecule has 0 spiro atoms. The largest absolute Gasteiger partial charge is 0.458 e. The fourth-order valence-corrected chi connectivity index (χ4v) is 12.4. The van der Waals surface area contributed by atoms with Crippen LogP contribution in [0.25, 0.3) is 0 Å². The molecule has 5 aliphatic heterocycles. The highest BCUT2D eigenvalue weighted by molar-refractivity contribution is 5.88. The molecular weight excluding hydrogens is 985 g/mol. The Morgan fingerprint density at radius 2 is 0.934 bits per heavy atom. The number of aliphatic hydroxyl groups is 6. The van der Waals surface area contributed by atoms with Gasteiger partial charge in [0.25, 0.3) is 0 Å². The van der Waals surface area contributed by atoms with Crippen LogP contribution in [-0.4, -0.2) is 166 Å². The fraction of sp³-hybridized carbons (Fsp3) is 0.828. The fourth-order valence-electron chi connectivity index (χ4n) is 12.4. The molecule has 0 aromatic carbocycles. The lowest BCUT2D eigenvalue weighted by Gasteiger charge is -2.52. The summed E-state index contributed by atoms with van der Waals surface area (Å²) in [6, 6.07) is 0. The number of methoxy groups -OCH3 is 2. The zero-order valence-corrected chi connectivity index (χ0v) is 48.1. The predicted molar refractivity (Wildman–Crippen MR) is 282 cm³/mol. The van der Waals surface area contributed by atoms with Crippen molar-refractivity contribution in [1.82, 2.24) is 0 Å². The van der Waals surface area contributed by atoms with E-state index in [1.54, 1.807) is 64.2 Å². The summed E-state index contributed by atoms with van der Waals surface area (Å²) in [5, 5.41) is 66.4. The van der Waals surface area contributed by atoms with Crippen molar-refractivity contribution < 1.29 is 87.6 Å². The van der Waals surface area contributed by atoms with Crippen molar-refractivity contribution in [3.63, 3.8) is 0 Å². The van der Waals surface area contributed by atoms with Crippen LogP contribution in [0.4, 0.5) is 0 Å². The summed E-state index contributed by atoms with van der Waals surface area (Å²) in [7, 11) is 3.06. The summed E-state index contributed by atoms with van der Waals surface area (Å²) in [6.45, 7) is 25.6. The van der Waals surface area contributed by atoms with Crippen LogP contribution in [0.3, 0.4) is 0 Å². The lowest BCUT2D eigenvalue weighted by atomic mass is 9.76. The number of carbonyl (C=O) groups is 2. The number of hydrogen-bond donors (Lipinski definition) is 6. The monoisotopic (exact) mass is 1080 g/mol. The van der Waals surface area contributed by atoms with Crippen LogP contribution in [-0.2, 0) is 57.0 Å². The van der Waals surface area contributed by atoms with E-state index in [-0.39, 0.29) is 60.9 Å². The van der Waals surface area contributed by atoms with Gasteiger partial charge in [0.15, 0.2) is 24.2 Å². The average molecular weight is 1080 g/mol. The molecule has 5 heterocycles. The molecule has 4 saturated heterocycles. The Morgan fingerprint density at radius 3 is 1.24 bits per heavy atom. The van der Waals surface area contributed by atoms with E-state index in [2.05, 4.69) is 0 Å². The Hall–Kier alpha value is -2.66. The van der Waals surface area contributed by atoms with Gasteiger partial charge in [-0.1, -0.05) is 91.8 Å². The van der Waals surface area contributed by atoms with Crippen molar-refractivity contribution in [3.8, 4) is 0 Å². The molecule has 18 nitrogen and oxygen atoms in total. The van der Waals surface area contributed by atoms with Gasteiger partial charge in [0.05, 0.1) is 61.0 Å². The van der Waals surface area contributed by atoms with Crippen molar-refractivity contribution in [3.05, 3.63) is 47.6 Å². The number of cyclic esters (lactones) is 2. The molecule has 0 aromatic rings. The minimum Gasteiger partial charge on any atom is -0.458 e. The molecule has 0 saturated carbocycles. The number of aliphatic hydroxyl groups excluding tert-OH is 6. The van der Waals surface area contributed by atoms with Gasteiger partial charge in [-0.3, -0.25) is 0 Å². The van der Waals surface area contributed by atoms with E-state index in [1.807, 2.05) is 69.2 Å². The normalized spacial score (nSPS) is 45.1. The van der Waals surface area contributed by atoms with E-state index < -0.39 is 145 Å². The standard InChI is InChI=1S/C58H96O18/c1-17-41-37(11)75-57(67-15,27-45(41)71-47-25-43(59)51(63)39(13)69-47)35(9)49(61)33(7)53-29(3)21-19-23-32(6)56(66)74-54(30(4)22-20-24-31(5)55(65)73-53)34(8)50(62)36(10)58(68-16)28-46(42(18-2)38(12)76-58)72-48-26-44(60)52(64)40(14)70-48/h19-24,29-30,33-54,59-64H,17-18,25-28H2,1-16H3/b21-19+,22-20+,31-24-,32-23-/t29-,30-,33-,34-,35-,36-,37+,38+,39-,40-,41+,42+,43-,44-,45+,46+,47-,48?,49+,50+,51+,52+,53-,54-,57+,58+/m0/s1. The zero-order chi connectivity index (χ0) is 56.7. The molecule has 26 atom stereocenters. The van der Waals surface area contributed by atoms with Crippen LogP contribution in [0.5, 0.6) is 0 Å². The summed E-state index contributed by atoms with van der Waals surface area (Å²) >= 11 is 0. The Kier molecular flexibility index (Phi) is 23.4. The molecule has 5 rings (SSSR count). The zero-order valence-electron chi connectivity index (χ0n) is 48.1. The summed E-state index contributed by atoms with van der Waals surface area (Å²) in [4.78, 5) is 28.1. The van der Waals surface area contributed by atoms with Gasteiger partial charge in [-0.05, 0) is 54.4 Å². The lowest BCUT2D eigenvalue weighted by molar-refractivity contribution is -0.352. The number of allylic oxidation sites excluding steroid dienone is 4. The average Bonchev–Trinajstić information content (AvgIpc) is 3.37. The minimum atomic E-state index is -1.34. The van der Waals surface area contributed by atoms with Crippen molar-refractivity contribution in [2.45, 2.75) is 245 Å². The Bertz CT molecular complexity index is 1830. The van der Waals surface area contributed by atoms with Gasteiger partial charge in [-0.2, -0.15) is 0 Å². The maximum absolute atomic E-state index is 14.0. The maximum atomic E-state index is 14.0. The summed E-state index contributed by atoms with van der Waals surface area (Å²) < 4.78 is 63.4. The summed E-state index contributed by atoms with van der Waals surface area (Å²) in [6.07, 6.45) is -0.246. The third-order valence-corrected chi connectivity index (χ3v) is 17.8. The van der Waals surface area contributed by atoms with Gasteiger partial charge in [0.2, 0.25) is 0 Å². The molecular formula is C58H96O18. The molecule has 1 unspecified atom stereocenters. The van der Waals surface area contributed by atoms with Crippen molar-refractivity contribution in [1.29, 1.82) is 0 Å². The molecule has 0 bridgehead atoms. The van der Waals surface area contributed by atoms with Crippen LogP contribution in [0.2, 0.25) is 0 Å². The highest BCUT2D eigenvalue weighted by Crippen LogP contribution is 2.47. The number of ether oxygens (including phenoxy) is 10. The SMILES string of the molecule is CC[C@@H]1[C@@H](C)O[C@@](OC)([C@@H](C)[C@H](O)[C@H](C)[C@H]2OC(=O)/C(C)=C\C=C\[C@H](C)[C@@H]([C@@H](C)[C@@H](O)[C@H](C)[C@@]3(OC)C[C@@H](O[C@H]4C[C@H](O)[C@H](O)[C@H](C)O4)[C@H](CC)[C@@H](C)O3)OC(=O)/C(C)=C\C=C\[C@@H]2C)C[C@H]1OC1C[C@H](O)[C@H](O)[C@H](C)O1. The van der Waals surface area contributed by atoms with Gasteiger partial charge in [-0.15, -0.1) is 0 Å². The van der Waals surface area contributed by atoms with E-state index in [0.29, 0.717) is 12.8 Å². The third-order valence-electron chi connectivity index (χ3n) is 17.8. The molecule has 0 amide bonds. The molecule has 0 radical (unpaired) electrons. The van der Waals surface area contributed by atoms with Gasteiger partial charge >= 0.3 is 11.9 Å². The lowest BCUT2D eigenvalue weighted by Crippen LogP contribution is -2.60. The molecule has 0 aromatic heterocycles. The Morgan fingerprint density at radius 1 is 0.592 bits per heavy atom. The smallest absolute Gasteiger partial charge is 0.334 e. The summed E-state index contributed by atoms with van der Waals surface area (Å²) in [5.41, 5.74) is 0.563. The molecule has 6 N–H and O–H groups in total. The van der Waals surface area contributed by atoms with Crippen LogP contribution in [0.15, 0.2) is 47.6 Å². The van der Waals surface area contributed by atoms with Crippen molar-refractivity contribution >= 4 is 11.9 Å². The Labute approximate surface area is 452 Å². The van der Waals surface area contributed by atoms with Crippen molar-refractivity contribution in [2.24, 2.45) is 47.3 Å². The first-order valence-electron chi connectivity index (χ1n) is 28.0. The van der Waals surface area contributed by atoms with Gasteiger partial charge in [0, 0.05) is 98.4 Å². The van der Waals surface area contributed by atoms with Crippen LogP contribution in [0.1, 0.15) is 135 Å². The van der Waals surface area contributed by atoms with Gasteiger partial charge in [-0.25, -0.2) is 9.59 Å². The molecule has 5 aliphatic rings. The second-order valence-corrected chi connectivity index (χ2v) is 22.9. The molecule has 76 heavy (non-hydrogen) atoms. The number of rotatable bonds is 16. The predicted octanol–water partition coefficient (Wildman–Crippen LogP) is 6.21. The topological polar surface area (TPSA) is 248 Å². The minimum absolute atomic E-state index is 0.0717. The van der Waals surface area contributed by atoms with E-state index in [4.69, 9.17) is 47.4 Å². The molecule has 4 fully saturated rings. The highest BCUT2D eigenvalue weighted by Gasteiger charge is 2.55. The van der Waals surface area contributed by atoms with Crippen LogP contribution < -0.4 is 0 Å². The van der Waals surface area contributed by atoms with E-state index >= 15 is 0 Å². The Balaban J connectivity index is 1.35. The molecule has 0 aliphatic carbocycles. The van der Waals surface area contributed by atoms with Crippen LogP contribution >= 0.6 is 0 Å². The van der Waals surface area contributed by atoms with Crippen LogP contribution in [0, 0.1) is 47.3 Å². The first-order valence-corrected chi connectivity index (χ1v) is 28.0. The number of carbonyl (C=O) groups excluding carboxylic acids is 2. The summed E-state index contributed by atoms with van der Waals surface area (Å²) in [5.74, 6) is -7.68. The molecule has 436 valence electrons. The number of hydrogen-bond acceptors (Lipinski definition) is 18. The van der Waals surface area contributed by atoms with Gasteiger partial charge < -0.3 is 78.0 Å². The van der Waals surface area contributed by atoms with Gasteiger partial charge in [0.1, 0.15) is 24.4 Å².